The molecule has 0 aromatic heterocycles. The molecule has 0 amide bonds. The summed E-state index contributed by atoms with van der Waals surface area (Å²) in [4.78, 5) is 10.5. The summed E-state index contributed by atoms with van der Waals surface area (Å²) in [5.74, 6) is 0. The predicted molar refractivity (Wildman–Crippen MR) is 165 cm³/mol. The van der Waals surface area contributed by atoms with E-state index >= 15 is 0 Å². The van der Waals surface area contributed by atoms with E-state index in [0.717, 1.165) is 98.2 Å². The largest absolute Gasteiger partial charge is 0.329 e. The highest BCUT2D eigenvalue weighted by molar-refractivity contribution is 4.70. The maximum atomic E-state index is 5.78. The van der Waals surface area contributed by atoms with Gasteiger partial charge in [0.1, 0.15) is 0 Å². The molecule has 8 heteroatoms. The summed E-state index contributed by atoms with van der Waals surface area (Å²) < 4.78 is 0. The van der Waals surface area contributed by atoms with Crippen LogP contribution in [0.5, 0.6) is 0 Å². The Hall–Kier alpha value is -0.320. The summed E-state index contributed by atoms with van der Waals surface area (Å²) in [6.45, 7) is 32.3. The van der Waals surface area contributed by atoms with Crippen molar-refractivity contribution >= 4 is 0 Å². The standard InChI is InChI=1S/C29H68N8/c1-6-12-31-14-23-36(24-17-33-16-22-35(20-10-5)21-11-30)27-29-37(25-15-32-13-7-2)28-26-34(18-8-3)19-9-4/h31-33H,6-30H2,1-5H3. The Morgan fingerprint density at radius 2 is 0.649 bits per heavy atom. The van der Waals surface area contributed by atoms with Crippen molar-refractivity contribution in [2.75, 3.05) is 124 Å². The summed E-state index contributed by atoms with van der Waals surface area (Å²) in [6, 6.07) is 0. The number of nitrogens with zero attached hydrogens (tertiary/aromatic N) is 4. The molecular formula is C29H68N8. The minimum absolute atomic E-state index is 0.748. The van der Waals surface area contributed by atoms with Crippen LogP contribution in [0.4, 0.5) is 0 Å². The fourth-order valence-electron chi connectivity index (χ4n) is 4.72. The van der Waals surface area contributed by atoms with Gasteiger partial charge in [0, 0.05) is 91.6 Å². The van der Waals surface area contributed by atoms with Gasteiger partial charge in [-0.2, -0.15) is 0 Å². The third-order valence-electron chi connectivity index (χ3n) is 6.80. The van der Waals surface area contributed by atoms with Crippen LogP contribution >= 0.6 is 0 Å². The summed E-state index contributed by atoms with van der Waals surface area (Å²) in [5.41, 5.74) is 5.78. The third kappa shape index (κ3) is 23.3. The van der Waals surface area contributed by atoms with Crippen molar-refractivity contribution in [2.45, 2.75) is 66.7 Å². The molecule has 0 unspecified atom stereocenters. The van der Waals surface area contributed by atoms with Crippen LogP contribution in [0.25, 0.3) is 0 Å². The van der Waals surface area contributed by atoms with Gasteiger partial charge in [0.2, 0.25) is 0 Å². The Bertz CT molecular complexity index is 428. The van der Waals surface area contributed by atoms with E-state index in [4.69, 9.17) is 5.73 Å². The predicted octanol–water partition coefficient (Wildman–Crippen LogP) is 1.97. The van der Waals surface area contributed by atoms with E-state index in [1.807, 2.05) is 0 Å². The van der Waals surface area contributed by atoms with E-state index in [1.165, 1.54) is 58.3 Å². The van der Waals surface area contributed by atoms with Gasteiger partial charge in [-0.25, -0.2) is 0 Å². The summed E-state index contributed by atoms with van der Waals surface area (Å²) in [5, 5.41) is 10.9. The van der Waals surface area contributed by atoms with Gasteiger partial charge in [-0.15, -0.1) is 0 Å². The summed E-state index contributed by atoms with van der Waals surface area (Å²) in [7, 11) is 0. The van der Waals surface area contributed by atoms with Gasteiger partial charge >= 0.3 is 0 Å². The van der Waals surface area contributed by atoms with E-state index in [9.17, 15) is 0 Å². The fourth-order valence-corrected chi connectivity index (χ4v) is 4.72. The van der Waals surface area contributed by atoms with Gasteiger partial charge < -0.3 is 31.5 Å². The lowest BCUT2D eigenvalue weighted by Crippen LogP contribution is -2.45. The van der Waals surface area contributed by atoms with Crippen LogP contribution in [-0.4, -0.2) is 144 Å². The molecule has 0 saturated heterocycles. The maximum Gasteiger partial charge on any atom is 0.0110 e. The molecule has 0 aliphatic carbocycles. The first kappa shape index (κ1) is 36.7. The van der Waals surface area contributed by atoms with E-state index in [2.05, 4.69) is 70.2 Å². The number of nitrogens with two attached hydrogens (primary N) is 1. The minimum Gasteiger partial charge on any atom is -0.329 e. The average Bonchev–Trinajstić information content (AvgIpc) is 2.89. The minimum atomic E-state index is 0.748. The van der Waals surface area contributed by atoms with Crippen molar-refractivity contribution in [3.8, 4) is 0 Å². The van der Waals surface area contributed by atoms with Crippen LogP contribution in [0.15, 0.2) is 0 Å². The average molecular weight is 529 g/mol. The van der Waals surface area contributed by atoms with Gasteiger partial charge in [0.25, 0.3) is 0 Å². The van der Waals surface area contributed by atoms with E-state index in [0.29, 0.717) is 0 Å². The number of hydrogen-bond acceptors (Lipinski definition) is 8. The first-order chi connectivity index (χ1) is 18.1. The van der Waals surface area contributed by atoms with Gasteiger partial charge in [-0.3, -0.25) is 9.80 Å². The van der Waals surface area contributed by atoms with Crippen molar-refractivity contribution in [2.24, 2.45) is 5.73 Å². The van der Waals surface area contributed by atoms with Gasteiger partial charge in [0.05, 0.1) is 0 Å². The van der Waals surface area contributed by atoms with E-state index in [-0.39, 0.29) is 0 Å². The van der Waals surface area contributed by atoms with Crippen molar-refractivity contribution in [1.82, 2.24) is 35.6 Å². The zero-order valence-electron chi connectivity index (χ0n) is 25.8. The molecule has 0 spiro atoms. The first-order valence-corrected chi connectivity index (χ1v) is 15.9. The molecule has 0 aliphatic rings. The van der Waals surface area contributed by atoms with Crippen molar-refractivity contribution in [1.29, 1.82) is 0 Å². The molecule has 0 heterocycles. The summed E-state index contributed by atoms with van der Waals surface area (Å²) in [6.07, 6.45) is 6.08. The molecule has 0 atom stereocenters. The monoisotopic (exact) mass is 529 g/mol. The zero-order valence-corrected chi connectivity index (χ0v) is 25.8. The van der Waals surface area contributed by atoms with Gasteiger partial charge in [0.15, 0.2) is 0 Å². The Labute approximate surface area is 232 Å². The van der Waals surface area contributed by atoms with Crippen LogP contribution < -0.4 is 21.7 Å². The molecule has 0 rings (SSSR count). The molecule has 8 nitrogen and oxygen atoms in total. The number of hydrogen-bond donors (Lipinski definition) is 4. The quantitative estimate of drug-likeness (QED) is 0.106. The highest BCUT2D eigenvalue weighted by Gasteiger charge is 2.12. The molecule has 0 bridgehead atoms. The van der Waals surface area contributed by atoms with Crippen LogP contribution in [0.2, 0.25) is 0 Å². The first-order valence-electron chi connectivity index (χ1n) is 15.9. The highest BCUT2D eigenvalue weighted by atomic mass is 15.2. The van der Waals surface area contributed by atoms with Crippen molar-refractivity contribution in [3.05, 3.63) is 0 Å². The second kappa shape index (κ2) is 28.7. The van der Waals surface area contributed by atoms with Gasteiger partial charge in [-0.1, -0.05) is 34.6 Å². The van der Waals surface area contributed by atoms with E-state index < -0.39 is 0 Å². The second-order valence-electron chi connectivity index (χ2n) is 10.4. The van der Waals surface area contributed by atoms with Crippen LogP contribution in [-0.2, 0) is 0 Å². The molecule has 224 valence electrons. The molecule has 0 saturated carbocycles. The molecule has 0 aliphatic heterocycles. The maximum absolute atomic E-state index is 5.78. The van der Waals surface area contributed by atoms with Crippen molar-refractivity contribution < 1.29 is 0 Å². The Balaban J connectivity index is 4.75. The highest BCUT2D eigenvalue weighted by Crippen LogP contribution is 1.98. The summed E-state index contributed by atoms with van der Waals surface area (Å²) >= 11 is 0. The molecule has 0 fully saturated rings. The fraction of sp³-hybridized carbons (Fsp3) is 1.00. The van der Waals surface area contributed by atoms with Crippen LogP contribution in [0.1, 0.15) is 66.7 Å². The lowest BCUT2D eigenvalue weighted by molar-refractivity contribution is 0.175. The molecule has 0 aromatic carbocycles. The Kier molecular flexibility index (Phi) is 28.4. The number of nitrogens with one attached hydrogen (secondary N) is 3. The number of rotatable bonds is 30. The molecule has 0 radical (unpaired) electrons. The van der Waals surface area contributed by atoms with Crippen LogP contribution in [0, 0.1) is 0 Å². The Morgan fingerprint density at radius 1 is 0.351 bits per heavy atom. The molecule has 0 aromatic rings. The normalized spacial score (nSPS) is 12.2. The molecule has 37 heavy (non-hydrogen) atoms. The van der Waals surface area contributed by atoms with Gasteiger partial charge in [-0.05, 0) is 64.8 Å². The smallest absolute Gasteiger partial charge is 0.0110 e. The lowest BCUT2D eigenvalue weighted by Gasteiger charge is -2.30. The topological polar surface area (TPSA) is 75.1 Å². The van der Waals surface area contributed by atoms with E-state index in [1.54, 1.807) is 0 Å². The zero-order chi connectivity index (χ0) is 27.4. The molecular weight excluding hydrogens is 460 g/mol. The Morgan fingerprint density at radius 3 is 0.973 bits per heavy atom. The SMILES string of the molecule is CCCNCCN(CCNCCN(CCC)CCN)CCN(CCNCCC)CCN(CCC)CCC. The lowest BCUT2D eigenvalue weighted by atomic mass is 10.3. The molecule has 5 N–H and O–H groups in total. The second-order valence-corrected chi connectivity index (χ2v) is 10.4. The van der Waals surface area contributed by atoms with Crippen molar-refractivity contribution in [3.63, 3.8) is 0 Å². The van der Waals surface area contributed by atoms with Crippen LogP contribution in [0.3, 0.4) is 0 Å². The third-order valence-corrected chi connectivity index (χ3v) is 6.80.